The monoisotopic (exact) mass is 384 g/mol. The summed E-state index contributed by atoms with van der Waals surface area (Å²) in [5.41, 5.74) is 3.35. The Morgan fingerprint density at radius 3 is 2.29 bits per heavy atom. The molecule has 148 valence electrons. The first-order valence-corrected chi connectivity index (χ1v) is 9.01. The Balaban J connectivity index is 1.91. The molecule has 0 saturated carbocycles. The number of aliphatic hydroxyl groups is 4. The van der Waals surface area contributed by atoms with Crippen molar-refractivity contribution in [2.24, 2.45) is 0 Å². The van der Waals surface area contributed by atoms with Gasteiger partial charge in [0.2, 0.25) is 0 Å². The number of rotatable bonds is 5. The van der Waals surface area contributed by atoms with Gasteiger partial charge >= 0.3 is 0 Å². The molecular formula is C22H24O6. The first-order chi connectivity index (χ1) is 13.5. The average molecular weight is 384 g/mol. The quantitative estimate of drug-likeness (QED) is 0.569. The third-order valence-electron chi connectivity index (χ3n) is 5.02. The zero-order valence-electron chi connectivity index (χ0n) is 15.5. The summed E-state index contributed by atoms with van der Waals surface area (Å²) < 4.78 is 11.1. The molecule has 0 aliphatic carbocycles. The van der Waals surface area contributed by atoms with Crippen molar-refractivity contribution in [1.82, 2.24) is 0 Å². The first-order valence-electron chi connectivity index (χ1n) is 9.01. The minimum Gasteiger partial charge on any atom is -0.496 e. The summed E-state index contributed by atoms with van der Waals surface area (Å²) in [4.78, 5) is 0. The molecule has 0 spiro atoms. The topological polar surface area (TPSA) is 99.4 Å². The van der Waals surface area contributed by atoms with Gasteiger partial charge in [0.05, 0.1) is 13.7 Å². The molecule has 1 aliphatic heterocycles. The highest BCUT2D eigenvalue weighted by atomic mass is 16.5. The molecule has 2 aromatic carbocycles. The molecule has 4 N–H and O–H groups in total. The second-order valence-electron chi connectivity index (χ2n) is 6.84. The van der Waals surface area contributed by atoms with E-state index in [-0.39, 0.29) is 0 Å². The Bertz CT molecular complexity index is 839. The molecule has 1 unspecified atom stereocenters. The summed E-state index contributed by atoms with van der Waals surface area (Å²) in [5.74, 6) is 3.06. The second kappa shape index (κ2) is 8.74. The lowest BCUT2D eigenvalue weighted by Gasteiger charge is -2.40. The zero-order chi connectivity index (χ0) is 20.3. The van der Waals surface area contributed by atoms with E-state index in [1.165, 1.54) is 7.11 Å². The smallest absolute Gasteiger partial charge is 0.124 e. The maximum Gasteiger partial charge on any atom is 0.124 e. The van der Waals surface area contributed by atoms with Gasteiger partial charge in [0.25, 0.3) is 0 Å². The normalized spacial score (nSPS) is 27.2. The van der Waals surface area contributed by atoms with Gasteiger partial charge in [-0.3, -0.25) is 0 Å². The zero-order valence-corrected chi connectivity index (χ0v) is 15.5. The predicted molar refractivity (Wildman–Crippen MR) is 103 cm³/mol. The Morgan fingerprint density at radius 2 is 1.68 bits per heavy atom. The molecular weight excluding hydrogens is 360 g/mol. The highest BCUT2D eigenvalue weighted by Gasteiger charge is 2.44. The van der Waals surface area contributed by atoms with E-state index in [4.69, 9.17) is 15.9 Å². The van der Waals surface area contributed by atoms with Crippen molar-refractivity contribution < 1.29 is 29.9 Å². The fourth-order valence-electron chi connectivity index (χ4n) is 3.43. The Morgan fingerprint density at radius 1 is 1.00 bits per heavy atom. The minimum atomic E-state index is -1.44. The number of hydrogen-bond acceptors (Lipinski definition) is 6. The first kappa shape index (κ1) is 20.3. The van der Waals surface area contributed by atoms with Crippen molar-refractivity contribution in [3.8, 4) is 18.1 Å². The van der Waals surface area contributed by atoms with Gasteiger partial charge in [-0.15, -0.1) is 6.42 Å². The van der Waals surface area contributed by atoms with Crippen molar-refractivity contribution in [3.63, 3.8) is 0 Å². The van der Waals surface area contributed by atoms with E-state index >= 15 is 0 Å². The highest BCUT2D eigenvalue weighted by molar-refractivity contribution is 5.42. The fourth-order valence-corrected chi connectivity index (χ4v) is 3.43. The van der Waals surface area contributed by atoms with Crippen molar-refractivity contribution in [1.29, 1.82) is 0 Å². The van der Waals surface area contributed by atoms with E-state index < -0.39 is 37.1 Å². The van der Waals surface area contributed by atoms with Crippen LogP contribution in [0, 0.1) is 12.3 Å². The van der Waals surface area contributed by atoms with Gasteiger partial charge in [-0.25, -0.2) is 0 Å². The summed E-state index contributed by atoms with van der Waals surface area (Å²) in [6.07, 6.45) is -0.129. The number of aliphatic hydroxyl groups excluding tert-OH is 4. The summed E-state index contributed by atoms with van der Waals surface area (Å²) in [6.45, 7) is -0.481. The van der Waals surface area contributed by atoms with Crippen LogP contribution in [0.1, 0.15) is 28.4 Å². The lowest BCUT2D eigenvalue weighted by atomic mass is 9.89. The lowest BCUT2D eigenvalue weighted by Crippen LogP contribution is -2.55. The van der Waals surface area contributed by atoms with Crippen LogP contribution in [-0.2, 0) is 11.2 Å². The van der Waals surface area contributed by atoms with Crippen LogP contribution < -0.4 is 4.74 Å². The van der Waals surface area contributed by atoms with Gasteiger partial charge in [0.1, 0.15) is 36.3 Å². The third-order valence-corrected chi connectivity index (χ3v) is 5.02. The summed E-state index contributed by atoms with van der Waals surface area (Å²) >= 11 is 0. The van der Waals surface area contributed by atoms with E-state index in [0.717, 1.165) is 16.7 Å². The van der Waals surface area contributed by atoms with Gasteiger partial charge < -0.3 is 29.9 Å². The minimum absolute atomic E-state index is 0.481. The molecule has 28 heavy (non-hydrogen) atoms. The summed E-state index contributed by atoms with van der Waals surface area (Å²) in [5, 5.41) is 40.0. The van der Waals surface area contributed by atoms with Crippen LogP contribution in [0.4, 0.5) is 0 Å². The molecule has 0 amide bonds. The number of ether oxygens (including phenoxy) is 2. The van der Waals surface area contributed by atoms with Gasteiger partial charge in [-0.1, -0.05) is 24.1 Å². The van der Waals surface area contributed by atoms with E-state index in [0.29, 0.717) is 17.7 Å². The third kappa shape index (κ3) is 4.04. The Hall–Kier alpha value is -2.40. The summed E-state index contributed by atoms with van der Waals surface area (Å²) in [6, 6.07) is 13.2. The predicted octanol–water partition coefficient (Wildman–Crippen LogP) is 0.782. The number of terminal acetylenes is 1. The standard InChI is InChI=1S/C22H24O6/c1-3-13-4-6-14(7-5-13)10-15-8-9-17(27-2)16(11-15)22-21(26)20(25)19(24)18(12-23)28-22/h1,4-9,11,18-26H,10,12H2,2H3/t18?,19-,20+,21-,22+/m1/s1. The van der Waals surface area contributed by atoms with Crippen LogP contribution in [0.15, 0.2) is 42.5 Å². The maximum atomic E-state index is 10.4. The molecule has 1 aliphatic rings. The fraction of sp³-hybridized carbons (Fsp3) is 0.364. The molecule has 6 heteroatoms. The van der Waals surface area contributed by atoms with Gasteiger partial charge in [0.15, 0.2) is 0 Å². The number of hydrogen-bond donors (Lipinski definition) is 4. The van der Waals surface area contributed by atoms with Crippen LogP contribution in [0.5, 0.6) is 5.75 Å². The summed E-state index contributed by atoms with van der Waals surface area (Å²) in [7, 11) is 1.50. The van der Waals surface area contributed by atoms with Crippen LogP contribution in [0.25, 0.3) is 0 Å². The maximum absolute atomic E-state index is 10.4. The van der Waals surface area contributed by atoms with Crippen molar-refractivity contribution >= 4 is 0 Å². The molecule has 6 nitrogen and oxygen atoms in total. The number of methoxy groups -OCH3 is 1. The molecule has 0 bridgehead atoms. The van der Waals surface area contributed by atoms with Crippen LogP contribution in [0.3, 0.4) is 0 Å². The van der Waals surface area contributed by atoms with Crippen LogP contribution in [0.2, 0.25) is 0 Å². The van der Waals surface area contributed by atoms with Crippen LogP contribution in [-0.4, -0.2) is 58.6 Å². The second-order valence-corrected chi connectivity index (χ2v) is 6.84. The SMILES string of the molecule is C#Cc1ccc(Cc2ccc(OC)c([C@@H]3OC(CO)[C@@H](O)[C@H](O)[C@H]3O)c2)cc1. The molecule has 3 rings (SSSR count). The van der Waals surface area contributed by atoms with Crippen molar-refractivity contribution in [2.45, 2.75) is 36.9 Å². The van der Waals surface area contributed by atoms with Crippen molar-refractivity contribution in [2.75, 3.05) is 13.7 Å². The molecule has 1 heterocycles. The van der Waals surface area contributed by atoms with E-state index in [1.807, 2.05) is 36.4 Å². The molecule has 1 fully saturated rings. The highest BCUT2D eigenvalue weighted by Crippen LogP contribution is 2.37. The van der Waals surface area contributed by atoms with E-state index in [1.54, 1.807) is 6.07 Å². The van der Waals surface area contributed by atoms with E-state index in [2.05, 4.69) is 5.92 Å². The molecule has 2 aromatic rings. The van der Waals surface area contributed by atoms with E-state index in [9.17, 15) is 20.4 Å². The molecule has 1 saturated heterocycles. The van der Waals surface area contributed by atoms with Gasteiger partial charge in [-0.05, 0) is 41.8 Å². The van der Waals surface area contributed by atoms with Gasteiger partial charge in [0, 0.05) is 11.1 Å². The molecule has 5 atom stereocenters. The molecule has 0 aromatic heterocycles. The average Bonchev–Trinajstić information content (AvgIpc) is 2.73. The Labute approximate surface area is 164 Å². The largest absolute Gasteiger partial charge is 0.496 e. The van der Waals surface area contributed by atoms with Crippen LogP contribution >= 0.6 is 0 Å². The van der Waals surface area contributed by atoms with Crippen molar-refractivity contribution in [3.05, 3.63) is 64.7 Å². The lowest BCUT2D eigenvalue weighted by molar-refractivity contribution is -0.232. The Kier molecular flexibility index (Phi) is 6.35. The van der Waals surface area contributed by atoms with Gasteiger partial charge in [-0.2, -0.15) is 0 Å². The number of benzene rings is 2. The molecule has 0 radical (unpaired) electrons.